The average molecular weight is 286 g/mol. The van der Waals surface area contributed by atoms with Crippen molar-refractivity contribution in [1.29, 1.82) is 0 Å². The molecule has 0 aromatic heterocycles. The molecular weight excluding hydrogens is 265 g/mol. The predicted molar refractivity (Wildman–Crippen MR) is 74.9 cm³/mol. The number of benzene rings is 1. The summed E-state index contributed by atoms with van der Waals surface area (Å²) in [5, 5.41) is 3.39. The molecule has 112 valence electrons. The Hall–Kier alpha value is -1.23. The highest BCUT2D eigenvalue weighted by atomic mass is 19.4. The maximum Gasteiger partial charge on any atom is 0.418 e. The number of anilines is 1. The number of para-hydroxylation sites is 1. The first-order chi connectivity index (χ1) is 9.38. The summed E-state index contributed by atoms with van der Waals surface area (Å²) in [6.45, 7) is 6.23. The Kier molecular flexibility index (Phi) is 4.58. The van der Waals surface area contributed by atoms with Crippen LogP contribution in [0.5, 0.6) is 0 Å². The maximum atomic E-state index is 13.1. The molecule has 1 fully saturated rings. The Morgan fingerprint density at radius 3 is 2.65 bits per heavy atom. The van der Waals surface area contributed by atoms with Crippen LogP contribution in [-0.2, 0) is 6.18 Å². The van der Waals surface area contributed by atoms with Crippen molar-refractivity contribution in [2.24, 2.45) is 5.92 Å². The van der Waals surface area contributed by atoms with E-state index in [2.05, 4.69) is 19.2 Å². The van der Waals surface area contributed by atoms with E-state index in [9.17, 15) is 13.2 Å². The lowest BCUT2D eigenvalue weighted by Crippen LogP contribution is -2.51. The molecule has 1 aromatic rings. The van der Waals surface area contributed by atoms with E-state index < -0.39 is 11.7 Å². The summed E-state index contributed by atoms with van der Waals surface area (Å²) in [4.78, 5) is 1.85. The zero-order valence-electron chi connectivity index (χ0n) is 11.9. The van der Waals surface area contributed by atoms with Gasteiger partial charge in [0, 0.05) is 31.4 Å². The largest absolute Gasteiger partial charge is 0.418 e. The van der Waals surface area contributed by atoms with Gasteiger partial charge in [0.2, 0.25) is 0 Å². The molecule has 1 saturated heterocycles. The summed E-state index contributed by atoms with van der Waals surface area (Å²) >= 11 is 0. The van der Waals surface area contributed by atoms with Crippen molar-refractivity contribution in [2.45, 2.75) is 32.5 Å². The summed E-state index contributed by atoms with van der Waals surface area (Å²) in [7, 11) is 0. The summed E-state index contributed by atoms with van der Waals surface area (Å²) in [5.41, 5.74) is -0.236. The number of rotatable bonds is 3. The van der Waals surface area contributed by atoms with E-state index in [4.69, 9.17) is 0 Å². The average Bonchev–Trinajstić information content (AvgIpc) is 2.37. The third kappa shape index (κ3) is 3.66. The highest BCUT2D eigenvalue weighted by Crippen LogP contribution is 2.36. The Labute approximate surface area is 118 Å². The molecule has 0 aliphatic carbocycles. The first-order valence-electron chi connectivity index (χ1n) is 7.02. The summed E-state index contributed by atoms with van der Waals surface area (Å²) < 4.78 is 39.2. The molecule has 1 heterocycles. The summed E-state index contributed by atoms with van der Waals surface area (Å²) in [6, 6.07) is 6.10. The molecule has 0 radical (unpaired) electrons. The number of alkyl halides is 3. The fraction of sp³-hybridized carbons (Fsp3) is 0.600. The second kappa shape index (κ2) is 6.04. The topological polar surface area (TPSA) is 15.3 Å². The SMILES string of the molecule is CC(C)CC1CN(c2ccccc2C(F)(F)F)CCN1. The number of hydrogen-bond donors (Lipinski definition) is 1. The number of nitrogens with zero attached hydrogens (tertiary/aromatic N) is 1. The van der Waals surface area contributed by atoms with E-state index in [0.29, 0.717) is 24.7 Å². The Morgan fingerprint density at radius 2 is 2.00 bits per heavy atom. The molecular formula is C15H21F3N2. The summed E-state index contributed by atoms with van der Waals surface area (Å²) in [5.74, 6) is 0.533. The van der Waals surface area contributed by atoms with Crippen LogP contribution in [0.25, 0.3) is 0 Å². The number of nitrogens with one attached hydrogen (secondary N) is 1. The number of piperazine rings is 1. The Balaban J connectivity index is 2.19. The molecule has 0 saturated carbocycles. The zero-order valence-corrected chi connectivity index (χ0v) is 11.9. The molecule has 0 spiro atoms. The quantitative estimate of drug-likeness (QED) is 0.914. The lowest BCUT2D eigenvalue weighted by atomic mass is 10.0. The van der Waals surface area contributed by atoms with Gasteiger partial charge in [-0.1, -0.05) is 26.0 Å². The van der Waals surface area contributed by atoms with Gasteiger partial charge in [0.05, 0.1) is 5.56 Å². The zero-order chi connectivity index (χ0) is 14.8. The van der Waals surface area contributed by atoms with E-state index in [1.807, 2.05) is 4.90 Å². The van der Waals surface area contributed by atoms with E-state index in [1.165, 1.54) is 6.07 Å². The van der Waals surface area contributed by atoms with Gasteiger partial charge < -0.3 is 10.2 Å². The summed E-state index contributed by atoms with van der Waals surface area (Å²) in [6.07, 6.45) is -3.32. The van der Waals surface area contributed by atoms with Crippen LogP contribution >= 0.6 is 0 Å². The molecule has 5 heteroatoms. The van der Waals surface area contributed by atoms with Crippen molar-refractivity contribution in [3.05, 3.63) is 29.8 Å². The third-order valence-corrected chi connectivity index (χ3v) is 3.56. The smallest absolute Gasteiger partial charge is 0.368 e. The van der Waals surface area contributed by atoms with Crippen molar-refractivity contribution in [2.75, 3.05) is 24.5 Å². The number of halogens is 3. The fourth-order valence-corrected chi connectivity index (χ4v) is 2.76. The highest BCUT2D eigenvalue weighted by Gasteiger charge is 2.35. The molecule has 2 rings (SSSR count). The standard InChI is InChI=1S/C15H21F3N2/c1-11(2)9-12-10-20(8-7-19-12)14-6-4-3-5-13(14)15(16,17)18/h3-6,11-12,19H,7-10H2,1-2H3. The van der Waals surface area contributed by atoms with Gasteiger partial charge in [0.1, 0.15) is 0 Å². The first-order valence-corrected chi connectivity index (χ1v) is 7.02. The van der Waals surface area contributed by atoms with Crippen LogP contribution in [0.4, 0.5) is 18.9 Å². The van der Waals surface area contributed by atoms with Crippen LogP contribution in [0.15, 0.2) is 24.3 Å². The molecule has 1 aromatic carbocycles. The monoisotopic (exact) mass is 286 g/mol. The van der Waals surface area contributed by atoms with E-state index in [1.54, 1.807) is 12.1 Å². The van der Waals surface area contributed by atoms with Crippen molar-refractivity contribution in [1.82, 2.24) is 5.32 Å². The van der Waals surface area contributed by atoms with E-state index in [0.717, 1.165) is 19.0 Å². The van der Waals surface area contributed by atoms with Crippen LogP contribution in [0.1, 0.15) is 25.8 Å². The number of hydrogen-bond acceptors (Lipinski definition) is 2. The minimum Gasteiger partial charge on any atom is -0.368 e. The second-order valence-electron chi connectivity index (χ2n) is 5.74. The van der Waals surface area contributed by atoms with Gasteiger partial charge in [0.25, 0.3) is 0 Å². The fourth-order valence-electron chi connectivity index (χ4n) is 2.76. The normalized spacial score (nSPS) is 20.5. The van der Waals surface area contributed by atoms with Gasteiger partial charge >= 0.3 is 6.18 Å². The maximum absolute atomic E-state index is 13.1. The molecule has 0 amide bonds. The van der Waals surface area contributed by atoms with Crippen LogP contribution < -0.4 is 10.2 Å². The molecule has 1 aliphatic heterocycles. The molecule has 1 atom stereocenters. The Morgan fingerprint density at radius 1 is 1.30 bits per heavy atom. The molecule has 0 bridgehead atoms. The molecule has 1 unspecified atom stereocenters. The lowest BCUT2D eigenvalue weighted by molar-refractivity contribution is -0.137. The van der Waals surface area contributed by atoms with Crippen molar-refractivity contribution in [3.63, 3.8) is 0 Å². The van der Waals surface area contributed by atoms with Gasteiger partial charge in [-0.2, -0.15) is 13.2 Å². The minimum atomic E-state index is -4.30. The minimum absolute atomic E-state index is 0.255. The van der Waals surface area contributed by atoms with Crippen LogP contribution in [0, 0.1) is 5.92 Å². The third-order valence-electron chi connectivity index (χ3n) is 3.56. The van der Waals surface area contributed by atoms with Crippen LogP contribution in [0.2, 0.25) is 0 Å². The van der Waals surface area contributed by atoms with Gasteiger partial charge in [0.15, 0.2) is 0 Å². The Bertz CT molecular complexity index is 443. The van der Waals surface area contributed by atoms with Crippen molar-refractivity contribution in [3.8, 4) is 0 Å². The van der Waals surface area contributed by atoms with Gasteiger partial charge in [-0.25, -0.2) is 0 Å². The molecule has 2 nitrogen and oxygen atoms in total. The van der Waals surface area contributed by atoms with Gasteiger partial charge in [-0.3, -0.25) is 0 Å². The van der Waals surface area contributed by atoms with E-state index >= 15 is 0 Å². The van der Waals surface area contributed by atoms with Crippen molar-refractivity contribution < 1.29 is 13.2 Å². The lowest BCUT2D eigenvalue weighted by Gasteiger charge is -2.37. The van der Waals surface area contributed by atoms with E-state index in [-0.39, 0.29) is 6.04 Å². The van der Waals surface area contributed by atoms with Crippen LogP contribution in [-0.4, -0.2) is 25.7 Å². The molecule has 1 N–H and O–H groups in total. The van der Waals surface area contributed by atoms with Crippen LogP contribution in [0.3, 0.4) is 0 Å². The first kappa shape index (κ1) is 15.2. The molecule has 20 heavy (non-hydrogen) atoms. The highest BCUT2D eigenvalue weighted by molar-refractivity contribution is 5.55. The van der Waals surface area contributed by atoms with Crippen molar-refractivity contribution >= 4 is 5.69 Å². The molecule has 1 aliphatic rings. The predicted octanol–water partition coefficient (Wildman–Crippen LogP) is 3.53. The second-order valence-corrected chi connectivity index (χ2v) is 5.74. The van der Waals surface area contributed by atoms with Gasteiger partial charge in [-0.15, -0.1) is 0 Å². The van der Waals surface area contributed by atoms with Gasteiger partial charge in [-0.05, 0) is 24.5 Å².